The summed E-state index contributed by atoms with van der Waals surface area (Å²) in [5.41, 5.74) is 15.4. The molecule has 2 heteroatoms. The molecule has 2 aliphatic rings. The largest absolute Gasteiger partial charge is 0.455 e. The van der Waals surface area contributed by atoms with Crippen LogP contribution in [0.1, 0.15) is 25.0 Å². The normalized spacial score (nSPS) is 13.2. The molecule has 0 bridgehead atoms. The summed E-state index contributed by atoms with van der Waals surface area (Å²) >= 11 is 0. The highest BCUT2D eigenvalue weighted by Gasteiger charge is 2.36. The second kappa shape index (κ2) is 11.3. The number of benzene rings is 8. The van der Waals surface area contributed by atoms with Gasteiger partial charge in [0, 0.05) is 38.7 Å². The van der Waals surface area contributed by atoms with E-state index >= 15 is 0 Å². The standard InChI is InChI=1S/C49H35NO/c1-49(2)44-25-12-10-21-38(44)42-30-35(27-28-45(42)49)50(34-18-14-17-33(29-34)32-15-4-3-5-16-32)46-31-43-37-20-7-6-19-36(37)40-23-11-13-26-47(40)51-48(43)41-24-9-8-22-39(41)46/h3-31H,1-2H3. The number of rotatable bonds is 4. The van der Waals surface area contributed by atoms with Crippen LogP contribution in [0.3, 0.4) is 0 Å². The lowest BCUT2D eigenvalue weighted by molar-refractivity contribution is 0.493. The molecule has 0 fully saturated rings. The van der Waals surface area contributed by atoms with Crippen LogP contribution in [0.15, 0.2) is 176 Å². The number of fused-ring (bicyclic) bond motifs is 10. The highest BCUT2D eigenvalue weighted by atomic mass is 16.5. The molecule has 0 aromatic heterocycles. The van der Waals surface area contributed by atoms with Crippen LogP contribution < -0.4 is 9.64 Å². The van der Waals surface area contributed by atoms with Gasteiger partial charge in [-0.3, -0.25) is 0 Å². The van der Waals surface area contributed by atoms with Crippen molar-refractivity contribution < 1.29 is 4.74 Å². The Kier molecular flexibility index (Phi) is 6.56. The predicted molar refractivity (Wildman–Crippen MR) is 213 cm³/mol. The van der Waals surface area contributed by atoms with E-state index in [-0.39, 0.29) is 5.41 Å². The van der Waals surface area contributed by atoms with Crippen molar-refractivity contribution in [3.63, 3.8) is 0 Å². The van der Waals surface area contributed by atoms with Crippen LogP contribution in [-0.4, -0.2) is 0 Å². The van der Waals surface area contributed by atoms with Crippen LogP contribution >= 0.6 is 0 Å². The molecule has 242 valence electrons. The van der Waals surface area contributed by atoms with Gasteiger partial charge in [0.1, 0.15) is 11.5 Å². The maximum Gasteiger partial charge on any atom is 0.143 e. The first-order valence-electron chi connectivity index (χ1n) is 17.7. The van der Waals surface area contributed by atoms with E-state index in [0.29, 0.717) is 0 Å². The van der Waals surface area contributed by atoms with E-state index in [0.717, 1.165) is 56.0 Å². The fraction of sp³-hybridized carbons (Fsp3) is 0.0612. The zero-order valence-corrected chi connectivity index (χ0v) is 28.6. The first-order valence-corrected chi connectivity index (χ1v) is 17.7. The number of anilines is 3. The van der Waals surface area contributed by atoms with Gasteiger partial charge < -0.3 is 9.64 Å². The Hall–Kier alpha value is -6.38. The van der Waals surface area contributed by atoms with E-state index in [9.17, 15) is 0 Å². The van der Waals surface area contributed by atoms with Crippen molar-refractivity contribution in [2.75, 3.05) is 4.90 Å². The molecule has 1 aliphatic carbocycles. The molecule has 0 saturated carbocycles. The molecule has 0 saturated heterocycles. The molecule has 51 heavy (non-hydrogen) atoms. The zero-order chi connectivity index (χ0) is 34.1. The maximum absolute atomic E-state index is 6.93. The third kappa shape index (κ3) is 4.57. The molecule has 1 heterocycles. The van der Waals surface area contributed by atoms with Crippen LogP contribution in [0.4, 0.5) is 17.1 Å². The van der Waals surface area contributed by atoms with Crippen LogP contribution in [0, 0.1) is 0 Å². The summed E-state index contributed by atoms with van der Waals surface area (Å²) in [5.74, 6) is 1.75. The smallest absolute Gasteiger partial charge is 0.143 e. The third-order valence-electron chi connectivity index (χ3n) is 10.9. The van der Waals surface area contributed by atoms with Gasteiger partial charge in [-0.25, -0.2) is 0 Å². The van der Waals surface area contributed by atoms with Gasteiger partial charge in [0.25, 0.3) is 0 Å². The number of hydrogen-bond acceptors (Lipinski definition) is 2. The second-order valence-corrected chi connectivity index (χ2v) is 14.1. The van der Waals surface area contributed by atoms with Gasteiger partial charge in [-0.05, 0) is 80.9 Å². The lowest BCUT2D eigenvalue weighted by Crippen LogP contribution is -2.15. The first-order chi connectivity index (χ1) is 25.1. The van der Waals surface area contributed by atoms with Crippen molar-refractivity contribution in [3.8, 4) is 56.0 Å². The summed E-state index contributed by atoms with van der Waals surface area (Å²) in [7, 11) is 0. The first kappa shape index (κ1) is 29.5. The average Bonchev–Trinajstić information content (AvgIpc) is 3.31. The van der Waals surface area contributed by atoms with Crippen LogP contribution in [0.2, 0.25) is 0 Å². The average molecular weight is 654 g/mol. The summed E-state index contributed by atoms with van der Waals surface area (Å²) < 4.78 is 6.93. The fourth-order valence-corrected chi connectivity index (χ4v) is 8.40. The van der Waals surface area contributed by atoms with Gasteiger partial charge in [0.05, 0.1) is 5.69 Å². The summed E-state index contributed by atoms with van der Waals surface area (Å²) in [4.78, 5) is 2.45. The Morgan fingerprint density at radius 3 is 1.84 bits per heavy atom. The lowest BCUT2D eigenvalue weighted by atomic mass is 9.82. The molecule has 1 aliphatic heterocycles. The Morgan fingerprint density at radius 2 is 1.02 bits per heavy atom. The van der Waals surface area contributed by atoms with Gasteiger partial charge in [-0.15, -0.1) is 0 Å². The molecule has 2 nitrogen and oxygen atoms in total. The zero-order valence-electron chi connectivity index (χ0n) is 28.6. The molecule has 0 spiro atoms. The Bertz CT molecular complexity index is 2650. The Morgan fingerprint density at radius 1 is 0.412 bits per heavy atom. The number of hydrogen-bond donors (Lipinski definition) is 0. The molecule has 0 unspecified atom stereocenters. The van der Waals surface area contributed by atoms with Crippen molar-refractivity contribution in [2.45, 2.75) is 19.3 Å². The van der Waals surface area contributed by atoms with Crippen molar-refractivity contribution >= 4 is 27.8 Å². The molecular formula is C49H35NO. The summed E-state index contributed by atoms with van der Waals surface area (Å²) in [6.45, 7) is 4.68. The molecule has 0 atom stereocenters. The molecule has 8 aromatic rings. The van der Waals surface area contributed by atoms with E-state index in [2.05, 4.69) is 195 Å². The van der Waals surface area contributed by atoms with Crippen molar-refractivity contribution in [1.29, 1.82) is 0 Å². The summed E-state index contributed by atoms with van der Waals surface area (Å²) in [6.07, 6.45) is 0. The van der Waals surface area contributed by atoms with Gasteiger partial charge >= 0.3 is 0 Å². The van der Waals surface area contributed by atoms with E-state index in [4.69, 9.17) is 4.74 Å². The summed E-state index contributed by atoms with van der Waals surface area (Å²) in [6, 6.07) is 63.6. The topological polar surface area (TPSA) is 12.5 Å². The molecular weight excluding hydrogens is 619 g/mol. The minimum Gasteiger partial charge on any atom is -0.455 e. The molecule has 0 radical (unpaired) electrons. The van der Waals surface area contributed by atoms with E-state index in [1.54, 1.807) is 0 Å². The van der Waals surface area contributed by atoms with E-state index in [1.807, 2.05) is 0 Å². The molecule has 0 N–H and O–H groups in total. The maximum atomic E-state index is 6.93. The third-order valence-corrected chi connectivity index (χ3v) is 10.9. The monoisotopic (exact) mass is 653 g/mol. The minimum atomic E-state index is -0.0741. The van der Waals surface area contributed by atoms with Gasteiger partial charge in [-0.2, -0.15) is 0 Å². The van der Waals surface area contributed by atoms with Crippen molar-refractivity contribution in [3.05, 3.63) is 187 Å². The predicted octanol–water partition coefficient (Wildman–Crippen LogP) is 13.7. The van der Waals surface area contributed by atoms with Gasteiger partial charge in [-0.1, -0.05) is 153 Å². The minimum absolute atomic E-state index is 0.0741. The van der Waals surface area contributed by atoms with Gasteiger partial charge in [0.15, 0.2) is 0 Å². The number of ether oxygens (including phenoxy) is 1. The van der Waals surface area contributed by atoms with Gasteiger partial charge in [0.2, 0.25) is 0 Å². The highest BCUT2D eigenvalue weighted by Crippen LogP contribution is 2.54. The van der Waals surface area contributed by atoms with Crippen molar-refractivity contribution in [1.82, 2.24) is 0 Å². The number of nitrogens with zero attached hydrogens (tertiary/aromatic N) is 1. The Labute approximate surface area is 298 Å². The SMILES string of the molecule is CC1(C)c2ccccc2-c2cc(N(c3cccc(-c4ccccc4)c3)c3cc4c(c5ccccc35)Oc3ccccc3-c3ccccc3-4)ccc21. The fourth-order valence-electron chi connectivity index (χ4n) is 8.40. The molecule has 0 amide bonds. The van der Waals surface area contributed by atoms with Crippen LogP contribution in [0.25, 0.3) is 55.3 Å². The van der Waals surface area contributed by atoms with Crippen molar-refractivity contribution in [2.24, 2.45) is 0 Å². The second-order valence-electron chi connectivity index (χ2n) is 14.1. The van der Waals surface area contributed by atoms with Crippen LogP contribution in [0.5, 0.6) is 11.5 Å². The number of para-hydroxylation sites is 1. The Balaban J connectivity index is 1.27. The molecule has 8 aromatic carbocycles. The highest BCUT2D eigenvalue weighted by molar-refractivity contribution is 6.09. The quantitative estimate of drug-likeness (QED) is 0.187. The van der Waals surface area contributed by atoms with E-state index < -0.39 is 0 Å². The lowest BCUT2D eigenvalue weighted by Gasteiger charge is -2.30. The van der Waals surface area contributed by atoms with Crippen LogP contribution in [-0.2, 0) is 5.41 Å². The molecule has 10 rings (SSSR count). The summed E-state index contributed by atoms with van der Waals surface area (Å²) in [5, 5.41) is 2.20. The van der Waals surface area contributed by atoms with E-state index in [1.165, 1.54) is 38.9 Å².